The normalized spacial score (nSPS) is 15.8. The van der Waals surface area contributed by atoms with Gasteiger partial charge in [0.05, 0.1) is 0 Å². The van der Waals surface area contributed by atoms with Gasteiger partial charge < -0.3 is 12.3 Å². The number of hydrogen-bond donors (Lipinski definition) is 0. The van der Waals surface area contributed by atoms with Gasteiger partial charge in [0, 0.05) is 0 Å². The van der Waals surface area contributed by atoms with Crippen molar-refractivity contribution in [3.63, 3.8) is 0 Å². The van der Waals surface area contributed by atoms with Crippen LogP contribution in [0.5, 0.6) is 0 Å². The Morgan fingerprint density at radius 3 is 1.67 bits per heavy atom. The minimum atomic E-state index is -2.29. The first kappa shape index (κ1) is 24.2. The monoisotopic (exact) mass is 404 g/mol. The zero-order valence-corrected chi connectivity index (χ0v) is 21.3. The van der Waals surface area contributed by atoms with Gasteiger partial charge in [-0.25, -0.2) is 0 Å². The standard InChI is InChI=1S/C17H40O3Si4/c1-11-14-15-16-17-24(10,19-22(6,7)13-3)20-23(8,9)18-21(4,5)12-2/h12-13H,2-3,11,14-17H2,1,4-10H3. The van der Waals surface area contributed by atoms with Crippen molar-refractivity contribution in [2.75, 3.05) is 0 Å². The van der Waals surface area contributed by atoms with E-state index in [2.05, 4.69) is 65.9 Å². The second kappa shape index (κ2) is 9.80. The van der Waals surface area contributed by atoms with Crippen molar-refractivity contribution in [1.82, 2.24) is 0 Å². The van der Waals surface area contributed by atoms with Gasteiger partial charge in [0.1, 0.15) is 0 Å². The zero-order valence-electron chi connectivity index (χ0n) is 17.3. The quantitative estimate of drug-likeness (QED) is 0.268. The molecule has 24 heavy (non-hydrogen) atoms. The number of rotatable bonds is 13. The minimum absolute atomic E-state index is 1.03. The van der Waals surface area contributed by atoms with Crippen LogP contribution in [0.4, 0.5) is 0 Å². The van der Waals surface area contributed by atoms with Gasteiger partial charge in [0.15, 0.2) is 16.6 Å². The lowest BCUT2D eigenvalue weighted by atomic mass is 10.2. The predicted molar refractivity (Wildman–Crippen MR) is 117 cm³/mol. The maximum atomic E-state index is 6.69. The van der Waals surface area contributed by atoms with Gasteiger partial charge in [-0.3, -0.25) is 0 Å². The summed E-state index contributed by atoms with van der Waals surface area (Å²) in [6.45, 7) is 25.4. The molecular formula is C17H40O3Si4. The van der Waals surface area contributed by atoms with Gasteiger partial charge in [0.2, 0.25) is 0 Å². The first-order chi connectivity index (χ1) is 10.8. The molecule has 0 bridgehead atoms. The fourth-order valence-electron chi connectivity index (χ4n) is 2.81. The molecule has 0 fully saturated rings. The average Bonchev–Trinajstić information content (AvgIpc) is 2.41. The fraction of sp³-hybridized carbons (Fsp3) is 0.765. The first-order valence-electron chi connectivity index (χ1n) is 9.18. The predicted octanol–water partition coefficient (Wildman–Crippen LogP) is 6.25. The van der Waals surface area contributed by atoms with E-state index in [1.807, 2.05) is 11.4 Å². The summed E-state index contributed by atoms with van der Waals surface area (Å²) in [6, 6.07) is 1.03. The molecule has 0 spiro atoms. The summed E-state index contributed by atoms with van der Waals surface area (Å²) in [4.78, 5) is 0. The smallest absolute Gasteiger partial charge is 0.316 e. The van der Waals surface area contributed by atoms with Crippen molar-refractivity contribution < 1.29 is 12.3 Å². The molecule has 142 valence electrons. The molecule has 0 aromatic rings. The minimum Gasteiger partial charge on any atom is -0.433 e. The molecule has 0 N–H and O–H groups in total. The highest BCUT2D eigenvalue weighted by Gasteiger charge is 2.44. The first-order valence-corrected chi connectivity index (χ1v) is 20.5. The molecule has 1 unspecified atom stereocenters. The molecule has 0 aliphatic heterocycles. The van der Waals surface area contributed by atoms with Crippen molar-refractivity contribution in [3.05, 3.63) is 24.6 Å². The van der Waals surface area contributed by atoms with E-state index in [0.717, 1.165) is 6.04 Å². The van der Waals surface area contributed by atoms with E-state index in [0.29, 0.717) is 0 Å². The van der Waals surface area contributed by atoms with Crippen molar-refractivity contribution in [2.45, 2.75) is 84.5 Å². The SMILES string of the molecule is C=C[Si](C)(C)O[Si](C)(C)O[Si](C)(CCCCCC)O[Si](C)(C)C=C. The number of unbranched alkanes of at least 4 members (excludes halogenated alkanes) is 3. The molecule has 0 saturated carbocycles. The van der Waals surface area contributed by atoms with E-state index in [9.17, 15) is 0 Å². The molecule has 0 aromatic heterocycles. The molecular weight excluding hydrogens is 365 g/mol. The third-order valence-electron chi connectivity index (χ3n) is 3.92. The topological polar surface area (TPSA) is 27.7 Å². The Kier molecular flexibility index (Phi) is 9.89. The van der Waals surface area contributed by atoms with Crippen LogP contribution in [0, 0.1) is 0 Å². The maximum Gasteiger partial charge on any atom is 0.316 e. The molecule has 0 radical (unpaired) electrons. The molecule has 0 saturated heterocycles. The van der Waals surface area contributed by atoms with Crippen LogP contribution in [0.2, 0.25) is 51.9 Å². The molecule has 0 aliphatic rings. The molecule has 0 heterocycles. The lowest BCUT2D eigenvalue weighted by molar-refractivity contribution is 0.324. The van der Waals surface area contributed by atoms with Gasteiger partial charge in [-0.2, -0.15) is 0 Å². The summed E-state index contributed by atoms with van der Waals surface area (Å²) in [5, 5.41) is 0. The summed E-state index contributed by atoms with van der Waals surface area (Å²) in [5.41, 5.74) is 3.99. The van der Waals surface area contributed by atoms with Crippen LogP contribution in [0.25, 0.3) is 0 Å². The Hall–Kier alpha value is 0.228. The van der Waals surface area contributed by atoms with Crippen molar-refractivity contribution in [1.29, 1.82) is 0 Å². The van der Waals surface area contributed by atoms with Crippen LogP contribution < -0.4 is 0 Å². The van der Waals surface area contributed by atoms with Crippen molar-refractivity contribution >= 4 is 33.8 Å². The summed E-state index contributed by atoms with van der Waals surface area (Å²) in [6.07, 6.45) is 4.94. The molecule has 0 aromatic carbocycles. The Labute approximate surface area is 155 Å². The van der Waals surface area contributed by atoms with Gasteiger partial charge >= 0.3 is 17.1 Å². The molecule has 0 aliphatic carbocycles. The lowest BCUT2D eigenvalue weighted by Crippen LogP contribution is -2.57. The van der Waals surface area contributed by atoms with Crippen LogP contribution in [0.3, 0.4) is 0 Å². The maximum absolute atomic E-state index is 6.69. The van der Waals surface area contributed by atoms with Crippen LogP contribution in [-0.4, -0.2) is 33.8 Å². The highest BCUT2D eigenvalue weighted by Crippen LogP contribution is 2.28. The Morgan fingerprint density at radius 2 is 1.21 bits per heavy atom. The largest absolute Gasteiger partial charge is 0.433 e. The van der Waals surface area contributed by atoms with Gasteiger partial charge in [-0.15, -0.1) is 13.2 Å². The number of hydrogen-bond acceptors (Lipinski definition) is 3. The zero-order chi connectivity index (χ0) is 19.1. The fourth-order valence-corrected chi connectivity index (χ4v) is 19.9. The van der Waals surface area contributed by atoms with E-state index in [1.54, 1.807) is 0 Å². The van der Waals surface area contributed by atoms with Crippen LogP contribution in [-0.2, 0) is 12.3 Å². The van der Waals surface area contributed by atoms with Gasteiger partial charge in [-0.1, -0.05) is 44.0 Å². The summed E-state index contributed by atoms with van der Waals surface area (Å²) in [5.74, 6) is 0. The van der Waals surface area contributed by atoms with Crippen molar-refractivity contribution in [3.8, 4) is 0 Å². The second-order valence-corrected chi connectivity index (χ2v) is 23.5. The lowest BCUT2D eigenvalue weighted by Gasteiger charge is -2.41. The van der Waals surface area contributed by atoms with E-state index < -0.39 is 33.8 Å². The van der Waals surface area contributed by atoms with Crippen LogP contribution in [0.1, 0.15) is 32.6 Å². The molecule has 7 heteroatoms. The summed E-state index contributed by atoms with van der Waals surface area (Å²) in [7, 11) is -8.30. The highest BCUT2D eigenvalue weighted by molar-refractivity contribution is 6.91. The van der Waals surface area contributed by atoms with Gasteiger partial charge in [-0.05, 0) is 51.9 Å². The van der Waals surface area contributed by atoms with Crippen molar-refractivity contribution in [2.24, 2.45) is 0 Å². The molecule has 0 amide bonds. The Bertz CT molecular complexity index is 411. The van der Waals surface area contributed by atoms with Crippen LogP contribution >= 0.6 is 0 Å². The molecule has 0 rings (SSSR count). The van der Waals surface area contributed by atoms with E-state index in [4.69, 9.17) is 12.3 Å². The van der Waals surface area contributed by atoms with E-state index in [-0.39, 0.29) is 0 Å². The van der Waals surface area contributed by atoms with Crippen LogP contribution in [0.15, 0.2) is 24.6 Å². The van der Waals surface area contributed by atoms with Gasteiger partial charge in [0.25, 0.3) is 0 Å². The summed E-state index contributed by atoms with van der Waals surface area (Å²) >= 11 is 0. The summed E-state index contributed by atoms with van der Waals surface area (Å²) < 4.78 is 19.7. The highest BCUT2D eigenvalue weighted by atomic mass is 28.5. The van der Waals surface area contributed by atoms with E-state index in [1.165, 1.54) is 25.7 Å². The Morgan fingerprint density at radius 1 is 0.708 bits per heavy atom. The molecule has 3 nitrogen and oxygen atoms in total. The second-order valence-electron chi connectivity index (χ2n) is 8.27. The van der Waals surface area contributed by atoms with E-state index >= 15 is 0 Å². The average molecular weight is 405 g/mol. The third-order valence-corrected chi connectivity index (χ3v) is 18.7. The Balaban J connectivity index is 5.15. The molecule has 1 atom stereocenters. The third kappa shape index (κ3) is 10.3.